The average molecular weight is 233 g/mol. The maximum atomic E-state index is 10.8. The van der Waals surface area contributed by atoms with E-state index in [4.69, 9.17) is 4.74 Å². The van der Waals surface area contributed by atoms with Crippen LogP contribution >= 0.6 is 0 Å². The maximum absolute atomic E-state index is 10.8. The van der Waals surface area contributed by atoms with Gasteiger partial charge in [0.05, 0.1) is 6.61 Å². The lowest BCUT2D eigenvalue weighted by molar-refractivity contribution is -0.116. The third kappa shape index (κ3) is 3.56. The van der Waals surface area contributed by atoms with Crippen LogP contribution in [0, 0.1) is 0 Å². The van der Waals surface area contributed by atoms with Crippen LogP contribution in [0.15, 0.2) is 18.2 Å². The van der Waals surface area contributed by atoms with Gasteiger partial charge >= 0.3 is 0 Å². The second-order valence-corrected chi connectivity index (χ2v) is 4.49. The van der Waals surface area contributed by atoms with E-state index >= 15 is 0 Å². The van der Waals surface area contributed by atoms with Gasteiger partial charge in [0.15, 0.2) is 0 Å². The zero-order chi connectivity index (χ0) is 12.1. The Hall–Kier alpha value is -1.35. The van der Waals surface area contributed by atoms with Gasteiger partial charge < -0.3 is 10.1 Å². The van der Waals surface area contributed by atoms with Crippen molar-refractivity contribution in [3.63, 3.8) is 0 Å². The number of fused-ring (bicyclic) bond motifs is 1. The summed E-state index contributed by atoms with van der Waals surface area (Å²) in [6, 6.07) is 6.42. The molecule has 0 saturated heterocycles. The third-order valence-electron chi connectivity index (χ3n) is 3.00. The molecule has 0 radical (unpaired) electrons. The van der Waals surface area contributed by atoms with E-state index in [1.165, 1.54) is 11.1 Å². The first-order valence-electron chi connectivity index (χ1n) is 6.20. The fourth-order valence-corrected chi connectivity index (χ4v) is 2.02. The molecule has 1 heterocycles. The molecule has 3 nitrogen and oxygen atoms in total. The minimum absolute atomic E-state index is 0.243. The zero-order valence-electron chi connectivity index (χ0n) is 10.3. The van der Waals surface area contributed by atoms with Crippen LogP contribution in [-0.2, 0) is 17.6 Å². The lowest BCUT2D eigenvalue weighted by Gasteiger charge is -2.05. The smallest absolute Gasteiger partial charge is 0.131 e. The van der Waals surface area contributed by atoms with Gasteiger partial charge in [-0.05, 0) is 37.1 Å². The highest BCUT2D eigenvalue weighted by molar-refractivity contribution is 5.75. The lowest BCUT2D eigenvalue weighted by Crippen LogP contribution is -2.20. The quantitative estimate of drug-likeness (QED) is 0.760. The molecular formula is C14H19NO2. The van der Waals surface area contributed by atoms with E-state index in [1.54, 1.807) is 6.92 Å². The molecule has 2 rings (SSSR count). The second-order valence-electron chi connectivity index (χ2n) is 4.49. The largest absolute Gasteiger partial charge is 0.493 e. The Morgan fingerprint density at radius 1 is 1.41 bits per heavy atom. The molecule has 1 N–H and O–H groups in total. The summed E-state index contributed by atoms with van der Waals surface area (Å²) < 4.78 is 5.47. The summed E-state index contributed by atoms with van der Waals surface area (Å²) in [5, 5.41) is 3.28. The van der Waals surface area contributed by atoms with Gasteiger partial charge in [-0.15, -0.1) is 0 Å². The van der Waals surface area contributed by atoms with Crippen molar-refractivity contribution >= 4 is 5.78 Å². The fraction of sp³-hybridized carbons (Fsp3) is 0.500. The normalized spacial score (nSPS) is 13.2. The van der Waals surface area contributed by atoms with E-state index in [0.29, 0.717) is 6.42 Å². The van der Waals surface area contributed by atoms with Crippen molar-refractivity contribution in [2.45, 2.75) is 26.2 Å². The SMILES string of the molecule is CC(=O)CCNCCc1ccc2c(c1)CCO2. The number of Topliss-reactive ketones (excluding diaryl/α,β-unsaturated/α-hetero) is 1. The van der Waals surface area contributed by atoms with Gasteiger partial charge in [-0.25, -0.2) is 0 Å². The maximum Gasteiger partial charge on any atom is 0.131 e. The molecule has 3 heteroatoms. The Balaban J connectivity index is 1.74. The lowest BCUT2D eigenvalue weighted by atomic mass is 10.1. The molecule has 0 unspecified atom stereocenters. The van der Waals surface area contributed by atoms with Crippen LogP contribution in [0.5, 0.6) is 5.75 Å². The summed E-state index contributed by atoms with van der Waals surface area (Å²) in [7, 11) is 0. The van der Waals surface area contributed by atoms with Crippen molar-refractivity contribution in [2.75, 3.05) is 19.7 Å². The predicted octanol–water partition coefficient (Wildman–Crippen LogP) is 1.73. The summed E-state index contributed by atoms with van der Waals surface area (Å²) in [6.07, 6.45) is 2.66. The Morgan fingerprint density at radius 3 is 3.12 bits per heavy atom. The highest BCUT2D eigenvalue weighted by Gasteiger charge is 2.11. The molecule has 0 spiro atoms. The van der Waals surface area contributed by atoms with Crippen LogP contribution < -0.4 is 10.1 Å². The van der Waals surface area contributed by atoms with Gasteiger partial charge in [0.2, 0.25) is 0 Å². The van der Waals surface area contributed by atoms with Crippen molar-refractivity contribution in [2.24, 2.45) is 0 Å². The number of rotatable bonds is 6. The minimum Gasteiger partial charge on any atom is -0.493 e. The van der Waals surface area contributed by atoms with Crippen molar-refractivity contribution in [1.29, 1.82) is 0 Å². The number of ether oxygens (including phenoxy) is 1. The molecule has 1 aliphatic rings. The Morgan fingerprint density at radius 2 is 2.29 bits per heavy atom. The zero-order valence-corrected chi connectivity index (χ0v) is 10.3. The van der Waals surface area contributed by atoms with Crippen LogP contribution in [0.3, 0.4) is 0 Å². The number of ketones is 1. The van der Waals surface area contributed by atoms with E-state index in [1.807, 2.05) is 0 Å². The van der Waals surface area contributed by atoms with Gasteiger partial charge in [-0.3, -0.25) is 4.79 Å². The van der Waals surface area contributed by atoms with E-state index in [0.717, 1.165) is 38.3 Å². The first kappa shape index (κ1) is 12.1. The number of nitrogens with one attached hydrogen (secondary N) is 1. The highest BCUT2D eigenvalue weighted by atomic mass is 16.5. The Labute approximate surface area is 102 Å². The molecule has 0 aromatic heterocycles. The molecule has 0 atom stereocenters. The molecule has 92 valence electrons. The summed E-state index contributed by atoms with van der Waals surface area (Å²) in [4.78, 5) is 10.8. The highest BCUT2D eigenvalue weighted by Crippen LogP contribution is 2.25. The minimum atomic E-state index is 0.243. The van der Waals surface area contributed by atoms with Crippen LogP contribution in [0.2, 0.25) is 0 Å². The molecular weight excluding hydrogens is 214 g/mol. The van der Waals surface area contributed by atoms with Crippen molar-refractivity contribution in [1.82, 2.24) is 5.32 Å². The van der Waals surface area contributed by atoms with E-state index < -0.39 is 0 Å². The molecule has 0 aliphatic carbocycles. The molecule has 0 saturated carbocycles. The number of benzene rings is 1. The average Bonchev–Trinajstić information content (AvgIpc) is 2.75. The second kappa shape index (κ2) is 5.82. The summed E-state index contributed by atoms with van der Waals surface area (Å²) in [5.74, 6) is 1.28. The van der Waals surface area contributed by atoms with Crippen LogP contribution in [0.4, 0.5) is 0 Å². The molecule has 0 bridgehead atoms. The number of hydrogen-bond acceptors (Lipinski definition) is 3. The topological polar surface area (TPSA) is 38.3 Å². The Kier molecular flexibility index (Phi) is 4.15. The monoisotopic (exact) mass is 233 g/mol. The Bertz CT molecular complexity index is 401. The van der Waals surface area contributed by atoms with Gasteiger partial charge in [-0.1, -0.05) is 12.1 Å². The molecule has 0 fully saturated rings. The van der Waals surface area contributed by atoms with Crippen molar-refractivity contribution in [3.8, 4) is 5.75 Å². The molecule has 0 amide bonds. The summed E-state index contributed by atoms with van der Waals surface area (Å²) in [6.45, 7) is 4.15. The van der Waals surface area contributed by atoms with Gasteiger partial charge in [-0.2, -0.15) is 0 Å². The summed E-state index contributed by atoms with van der Waals surface area (Å²) in [5.41, 5.74) is 2.66. The van der Waals surface area contributed by atoms with E-state index in [-0.39, 0.29) is 5.78 Å². The predicted molar refractivity (Wildman–Crippen MR) is 67.5 cm³/mol. The molecule has 1 aromatic carbocycles. The first-order chi connectivity index (χ1) is 8.25. The van der Waals surface area contributed by atoms with Gasteiger partial charge in [0.1, 0.15) is 11.5 Å². The number of hydrogen-bond donors (Lipinski definition) is 1. The molecule has 1 aliphatic heterocycles. The van der Waals surface area contributed by atoms with Crippen molar-refractivity contribution < 1.29 is 9.53 Å². The number of carbonyl (C=O) groups excluding carboxylic acids is 1. The van der Waals surface area contributed by atoms with Gasteiger partial charge in [0, 0.05) is 19.4 Å². The van der Waals surface area contributed by atoms with Gasteiger partial charge in [0.25, 0.3) is 0 Å². The molecule has 17 heavy (non-hydrogen) atoms. The van der Waals surface area contributed by atoms with Crippen LogP contribution in [-0.4, -0.2) is 25.5 Å². The van der Waals surface area contributed by atoms with E-state index in [2.05, 4.69) is 23.5 Å². The van der Waals surface area contributed by atoms with E-state index in [9.17, 15) is 4.79 Å². The third-order valence-corrected chi connectivity index (χ3v) is 3.00. The fourth-order valence-electron chi connectivity index (χ4n) is 2.02. The van der Waals surface area contributed by atoms with Crippen LogP contribution in [0.25, 0.3) is 0 Å². The first-order valence-corrected chi connectivity index (χ1v) is 6.20. The number of carbonyl (C=O) groups is 1. The summed E-state index contributed by atoms with van der Waals surface area (Å²) >= 11 is 0. The van der Waals surface area contributed by atoms with Crippen LogP contribution in [0.1, 0.15) is 24.5 Å². The van der Waals surface area contributed by atoms with Crippen molar-refractivity contribution in [3.05, 3.63) is 29.3 Å². The molecule has 1 aromatic rings. The standard InChI is InChI=1S/C14H19NO2/c1-11(16)4-7-15-8-5-12-2-3-14-13(10-12)6-9-17-14/h2-3,10,15H,4-9H2,1H3.